The number of aliphatic imine (C=N–C) groups is 1. The van der Waals surface area contributed by atoms with Crippen molar-refractivity contribution >= 4 is 29.7 Å². The molecule has 3 amide bonds. The maximum Gasteiger partial charge on any atom is 0.328 e. The van der Waals surface area contributed by atoms with Crippen LogP contribution in [-0.4, -0.2) is 88.3 Å². The summed E-state index contributed by atoms with van der Waals surface area (Å²) in [6.45, 7) is 1.83. The Kier molecular flexibility index (Phi) is 15.0. The lowest BCUT2D eigenvalue weighted by Crippen LogP contribution is -2.58. The van der Waals surface area contributed by atoms with Crippen LogP contribution in [0.25, 0.3) is 0 Å². The van der Waals surface area contributed by atoms with Crippen molar-refractivity contribution in [2.75, 3.05) is 13.1 Å². The number of hydrogen-bond donors (Lipinski definition) is 10. The van der Waals surface area contributed by atoms with Crippen molar-refractivity contribution in [2.24, 2.45) is 27.9 Å². The van der Waals surface area contributed by atoms with Crippen LogP contribution >= 0.6 is 0 Å². The SMILES string of the molecule is CC(O)C(NC(=O)C(Cc1ccc(O)cc1)NC(=O)C(CCCN=C(N)N)NC(=O)C(N)CCCCN)C(=O)O. The number of nitrogens with one attached hydrogen (secondary N) is 3. The van der Waals surface area contributed by atoms with Crippen molar-refractivity contribution in [3.05, 3.63) is 29.8 Å². The number of aliphatic hydroxyl groups is 1. The first kappa shape index (κ1) is 34.1. The number of nitrogens with zero attached hydrogens (tertiary/aromatic N) is 1. The van der Waals surface area contributed by atoms with Crippen LogP contribution in [-0.2, 0) is 25.6 Å². The molecule has 0 aliphatic heterocycles. The maximum atomic E-state index is 13.3. The zero-order valence-corrected chi connectivity index (χ0v) is 22.6. The van der Waals surface area contributed by atoms with E-state index in [-0.39, 0.29) is 31.1 Å². The Balaban J connectivity index is 3.15. The third-order valence-electron chi connectivity index (χ3n) is 5.94. The minimum atomic E-state index is -1.63. The number of carboxylic acid groups (broad SMARTS) is 1. The molecule has 0 saturated heterocycles. The fourth-order valence-corrected chi connectivity index (χ4v) is 3.68. The number of carbonyl (C=O) groups is 4. The molecule has 14 N–H and O–H groups in total. The van der Waals surface area contributed by atoms with Crippen molar-refractivity contribution < 1.29 is 34.5 Å². The first-order chi connectivity index (χ1) is 18.8. The van der Waals surface area contributed by atoms with E-state index in [4.69, 9.17) is 22.9 Å². The molecule has 15 nitrogen and oxygen atoms in total. The normalized spacial score (nSPS) is 14.6. The molecule has 5 unspecified atom stereocenters. The van der Waals surface area contributed by atoms with Crippen LogP contribution in [0.4, 0.5) is 0 Å². The van der Waals surface area contributed by atoms with Gasteiger partial charge in [0.1, 0.15) is 17.8 Å². The Labute approximate surface area is 232 Å². The highest BCUT2D eigenvalue weighted by atomic mass is 16.4. The molecular formula is C25H42N8O7. The van der Waals surface area contributed by atoms with E-state index >= 15 is 0 Å². The van der Waals surface area contributed by atoms with Crippen LogP contribution in [0, 0.1) is 0 Å². The quantitative estimate of drug-likeness (QED) is 0.0498. The summed E-state index contributed by atoms with van der Waals surface area (Å²) in [7, 11) is 0. The number of benzene rings is 1. The van der Waals surface area contributed by atoms with Crippen molar-refractivity contribution in [3.8, 4) is 5.75 Å². The zero-order chi connectivity index (χ0) is 30.2. The first-order valence-corrected chi connectivity index (χ1v) is 13.0. The highest BCUT2D eigenvalue weighted by Gasteiger charge is 2.32. The summed E-state index contributed by atoms with van der Waals surface area (Å²) in [6, 6.07) is 0.894. The van der Waals surface area contributed by atoms with E-state index in [0.29, 0.717) is 37.8 Å². The minimum Gasteiger partial charge on any atom is -0.508 e. The predicted molar refractivity (Wildman–Crippen MR) is 148 cm³/mol. The summed E-state index contributed by atoms with van der Waals surface area (Å²) < 4.78 is 0. The van der Waals surface area contributed by atoms with Crippen LogP contribution < -0.4 is 38.9 Å². The number of hydrogen-bond acceptors (Lipinski definition) is 9. The predicted octanol–water partition coefficient (Wildman–Crippen LogP) is -2.64. The van der Waals surface area contributed by atoms with Gasteiger partial charge < -0.3 is 54.2 Å². The molecular weight excluding hydrogens is 524 g/mol. The smallest absolute Gasteiger partial charge is 0.328 e. The number of aliphatic hydroxyl groups excluding tert-OH is 1. The van der Waals surface area contributed by atoms with E-state index in [0.717, 1.165) is 0 Å². The van der Waals surface area contributed by atoms with Gasteiger partial charge in [-0.2, -0.15) is 0 Å². The molecule has 0 aliphatic rings. The zero-order valence-electron chi connectivity index (χ0n) is 22.6. The number of carbonyl (C=O) groups excluding carboxylic acids is 3. The summed E-state index contributed by atoms with van der Waals surface area (Å²) >= 11 is 0. The molecule has 15 heteroatoms. The van der Waals surface area contributed by atoms with Gasteiger partial charge in [0.05, 0.1) is 12.1 Å². The van der Waals surface area contributed by atoms with Gasteiger partial charge in [0.25, 0.3) is 0 Å². The van der Waals surface area contributed by atoms with E-state index in [1.807, 2.05) is 0 Å². The lowest BCUT2D eigenvalue weighted by atomic mass is 10.0. The average Bonchev–Trinajstić information content (AvgIpc) is 2.88. The number of carboxylic acids is 1. The number of phenolic OH excluding ortho intramolecular Hbond substituents is 1. The van der Waals surface area contributed by atoms with Crippen molar-refractivity contribution in [1.29, 1.82) is 0 Å². The molecule has 0 fully saturated rings. The summed E-state index contributed by atoms with van der Waals surface area (Å²) in [5, 5.41) is 36.1. The lowest BCUT2D eigenvalue weighted by Gasteiger charge is -2.26. The number of aromatic hydroxyl groups is 1. The van der Waals surface area contributed by atoms with Gasteiger partial charge >= 0.3 is 5.97 Å². The fourth-order valence-electron chi connectivity index (χ4n) is 3.68. The molecule has 0 aliphatic carbocycles. The van der Waals surface area contributed by atoms with Crippen LogP contribution in [0.15, 0.2) is 29.3 Å². The minimum absolute atomic E-state index is 0.0137. The number of unbranched alkanes of at least 4 members (excludes halogenated alkanes) is 1. The number of nitrogens with two attached hydrogens (primary N) is 4. The van der Waals surface area contributed by atoms with Crippen molar-refractivity contribution in [2.45, 2.75) is 75.7 Å². The van der Waals surface area contributed by atoms with Gasteiger partial charge in [0, 0.05) is 13.0 Å². The summed E-state index contributed by atoms with van der Waals surface area (Å²) in [6.07, 6.45) is 0.551. The van der Waals surface area contributed by atoms with Crippen LogP contribution in [0.1, 0.15) is 44.6 Å². The van der Waals surface area contributed by atoms with Gasteiger partial charge in [-0.15, -0.1) is 0 Å². The molecule has 1 aromatic carbocycles. The topological polar surface area (TPSA) is 282 Å². The maximum absolute atomic E-state index is 13.3. The highest BCUT2D eigenvalue weighted by molar-refractivity contribution is 5.94. The van der Waals surface area contributed by atoms with Gasteiger partial charge in [-0.05, 0) is 56.8 Å². The summed E-state index contributed by atoms with van der Waals surface area (Å²) in [5.41, 5.74) is 22.7. The number of phenols is 1. The van der Waals surface area contributed by atoms with Crippen molar-refractivity contribution in [1.82, 2.24) is 16.0 Å². The van der Waals surface area contributed by atoms with Crippen LogP contribution in [0.2, 0.25) is 0 Å². The Morgan fingerprint density at radius 1 is 0.900 bits per heavy atom. The van der Waals surface area contributed by atoms with E-state index in [9.17, 15) is 34.5 Å². The molecule has 1 aromatic rings. The second-order valence-electron chi connectivity index (χ2n) is 9.40. The van der Waals surface area contributed by atoms with Gasteiger partial charge in [-0.25, -0.2) is 4.79 Å². The van der Waals surface area contributed by atoms with Crippen LogP contribution in [0.3, 0.4) is 0 Å². The summed E-state index contributed by atoms with van der Waals surface area (Å²) in [5.74, 6) is -3.79. The molecule has 0 spiro atoms. The molecule has 0 aromatic heterocycles. The van der Waals surface area contributed by atoms with Crippen molar-refractivity contribution in [3.63, 3.8) is 0 Å². The second kappa shape index (κ2) is 17.6. The molecule has 1 rings (SSSR count). The van der Waals surface area contributed by atoms with Gasteiger partial charge in [-0.3, -0.25) is 19.4 Å². The Morgan fingerprint density at radius 3 is 2.05 bits per heavy atom. The first-order valence-electron chi connectivity index (χ1n) is 13.0. The lowest BCUT2D eigenvalue weighted by molar-refractivity contribution is -0.145. The molecule has 0 radical (unpaired) electrons. The number of guanidine groups is 1. The van der Waals surface area contributed by atoms with E-state index in [1.165, 1.54) is 31.2 Å². The fraction of sp³-hybridized carbons (Fsp3) is 0.560. The third kappa shape index (κ3) is 12.7. The number of rotatable bonds is 18. The second-order valence-corrected chi connectivity index (χ2v) is 9.40. The van der Waals surface area contributed by atoms with E-state index in [1.54, 1.807) is 0 Å². The molecule has 40 heavy (non-hydrogen) atoms. The van der Waals surface area contributed by atoms with Gasteiger partial charge in [-0.1, -0.05) is 18.6 Å². The Hall–Kier alpha value is -3.95. The number of aliphatic carboxylic acids is 1. The Morgan fingerprint density at radius 2 is 1.50 bits per heavy atom. The summed E-state index contributed by atoms with van der Waals surface area (Å²) in [4.78, 5) is 54.5. The van der Waals surface area contributed by atoms with Crippen LogP contribution in [0.5, 0.6) is 5.75 Å². The monoisotopic (exact) mass is 566 g/mol. The number of amides is 3. The molecule has 224 valence electrons. The van der Waals surface area contributed by atoms with Gasteiger partial charge in [0.15, 0.2) is 12.0 Å². The standard InChI is InChI=1S/C25H42N8O7/c1-14(34)20(24(39)40)33-23(38)19(13-15-7-9-16(35)10-8-15)32-22(37)18(6-4-12-30-25(28)29)31-21(36)17(27)5-2-3-11-26/h7-10,14,17-20,34-35H,2-6,11-13,26-27H2,1H3,(H,31,36)(H,32,37)(H,33,38)(H,39,40)(H4,28,29,30). The highest BCUT2D eigenvalue weighted by Crippen LogP contribution is 2.12. The van der Waals surface area contributed by atoms with E-state index < -0.39 is 54.0 Å². The molecule has 0 bridgehead atoms. The van der Waals surface area contributed by atoms with Gasteiger partial charge in [0.2, 0.25) is 17.7 Å². The Bertz CT molecular complexity index is 999. The largest absolute Gasteiger partial charge is 0.508 e. The molecule has 0 saturated carbocycles. The molecule has 5 atom stereocenters. The van der Waals surface area contributed by atoms with E-state index in [2.05, 4.69) is 20.9 Å². The average molecular weight is 567 g/mol. The molecule has 0 heterocycles. The third-order valence-corrected chi connectivity index (χ3v) is 5.94.